The molecule has 0 radical (unpaired) electrons. The average molecular weight is 794 g/mol. The number of benzene rings is 9. The molecule has 9 aromatic carbocycles. The molecule has 3 aromatic heterocycles. The lowest BCUT2D eigenvalue weighted by atomic mass is 9.92. The third-order valence-electron chi connectivity index (χ3n) is 11.7. The fourth-order valence-corrected chi connectivity index (χ4v) is 8.78. The minimum atomic E-state index is 0.599. The van der Waals surface area contributed by atoms with Crippen LogP contribution in [0.3, 0.4) is 0 Å². The second-order valence-electron chi connectivity index (χ2n) is 15.5. The second-order valence-corrected chi connectivity index (χ2v) is 15.5. The average Bonchev–Trinajstić information content (AvgIpc) is 3.94. The van der Waals surface area contributed by atoms with Crippen molar-refractivity contribution in [1.82, 2.24) is 15.0 Å². The van der Waals surface area contributed by atoms with Crippen molar-refractivity contribution in [3.63, 3.8) is 0 Å². The normalized spacial score (nSPS) is 11.5. The van der Waals surface area contributed by atoms with E-state index in [1.807, 2.05) is 72.8 Å². The Hall–Kier alpha value is -8.41. The Morgan fingerprint density at radius 3 is 1.34 bits per heavy atom. The van der Waals surface area contributed by atoms with Crippen LogP contribution in [0.25, 0.3) is 123 Å². The zero-order valence-corrected chi connectivity index (χ0v) is 33.4. The molecule has 290 valence electrons. The third-order valence-corrected chi connectivity index (χ3v) is 11.7. The number of furan rings is 2. The van der Waals surface area contributed by atoms with Crippen molar-refractivity contribution in [2.45, 2.75) is 0 Å². The largest absolute Gasteiger partial charge is 0.456 e. The molecule has 0 aliphatic heterocycles. The predicted molar refractivity (Wildman–Crippen MR) is 252 cm³/mol. The van der Waals surface area contributed by atoms with Gasteiger partial charge in [-0.2, -0.15) is 0 Å². The smallest absolute Gasteiger partial charge is 0.164 e. The summed E-state index contributed by atoms with van der Waals surface area (Å²) >= 11 is 0. The minimum Gasteiger partial charge on any atom is -0.456 e. The van der Waals surface area contributed by atoms with E-state index in [4.69, 9.17) is 23.8 Å². The van der Waals surface area contributed by atoms with Crippen LogP contribution in [0.1, 0.15) is 0 Å². The van der Waals surface area contributed by atoms with Gasteiger partial charge in [0.1, 0.15) is 22.3 Å². The number of hydrogen-bond acceptors (Lipinski definition) is 5. The van der Waals surface area contributed by atoms with Crippen molar-refractivity contribution in [2.24, 2.45) is 0 Å². The fourth-order valence-electron chi connectivity index (χ4n) is 8.78. The molecule has 0 unspecified atom stereocenters. The molecule has 62 heavy (non-hydrogen) atoms. The summed E-state index contributed by atoms with van der Waals surface area (Å²) < 4.78 is 13.1. The molecule has 0 bridgehead atoms. The third kappa shape index (κ3) is 6.14. The maximum atomic E-state index is 6.76. The van der Waals surface area contributed by atoms with Gasteiger partial charge in [0, 0.05) is 43.8 Å². The standard InChI is InChI=1S/C57H35N3O2/c1-4-15-36(16-5-1)41-33-42(37-17-6-2-7-18-37)35-43(34-41)57-59-55(39-19-8-3-9-20-39)58-56(60-57)40-29-27-38(28-30-40)44-31-32-46(54-53(44)48-22-11-13-25-50(48)62-54)45-23-14-26-51-52(45)47-21-10-12-24-49(47)61-51/h1-35H. The molecular weight excluding hydrogens is 759 g/mol. The van der Waals surface area contributed by atoms with E-state index < -0.39 is 0 Å². The van der Waals surface area contributed by atoms with E-state index in [1.165, 1.54) is 0 Å². The van der Waals surface area contributed by atoms with Crippen LogP contribution in [-0.4, -0.2) is 15.0 Å². The number of rotatable bonds is 7. The molecule has 0 atom stereocenters. The van der Waals surface area contributed by atoms with Crippen molar-refractivity contribution >= 4 is 43.9 Å². The molecule has 0 fully saturated rings. The van der Waals surface area contributed by atoms with Gasteiger partial charge in [-0.15, -0.1) is 0 Å². The lowest BCUT2D eigenvalue weighted by Crippen LogP contribution is -2.00. The molecule has 3 heterocycles. The van der Waals surface area contributed by atoms with E-state index in [9.17, 15) is 0 Å². The van der Waals surface area contributed by atoms with Crippen LogP contribution in [-0.2, 0) is 0 Å². The van der Waals surface area contributed by atoms with Crippen LogP contribution in [0.4, 0.5) is 0 Å². The molecule has 0 saturated heterocycles. The predicted octanol–water partition coefficient (Wildman–Crippen LogP) is 15.3. The van der Waals surface area contributed by atoms with E-state index in [2.05, 4.69) is 140 Å². The zero-order chi connectivity index (χ0) is 41.0. The second kappa shape index (κ2) is 14.7. The van der Waals surface area contributed by atoms with Crippen molar-refractivity contribution in [3.8, 4) is 78.7 Å². The molecule has 0 aliphatic carbocycles. The van der Waals surface area contributed by atoms with E-state index >= 15 is 0 Å². The number of aromatic nitrogens is 3. The highest BCUT2D eigenvalue weighted by Gasteiger charge is 2.21. The topological polar surface area (TPSA) is 65.0 Å². The van der Waals surface area contributed by atoms with Crippen molar-refractivity contribution in [2.75, 3.05) is 0 Å². The first-order chi connectivity index (χ1) is 30.7. The van der Waals surface area contributed by atoms with E-state index in [0.29, 0.717) is 17.5 Å². The van der Waals surface area contributed by atoms with Gasteiger partial charge < -0.3 is 8.83 Å². The lowest BCUT2D eigenvalue weighted by molar-refractivity contribution is 0.668. The van der Waals surface area contributed by atoms with Crippen LogP contribution in [0.15, 0.2) is 221 Å². The highest BCUT2D eigenvalue weighted by atomic mass is 16.3. The summed E-state index contributed by atoms with van der Waals surface area (Å²) in [4.78, 5) is 15.4. The molecule has 0 amide bonds. The number of fused-ring (bicyclic) bond motifs is 6. The van der Waals surface area contributed by atoms with Crippen molar-refractivity contribution in [1.29, 1.82) is 0 Å². The molecule has 5 heteroatoms. The summed E-state index contributed by atoms with van der Waals surface area (Å²) in [6.45, 7) is 0. The first kappa shape index (κ1) is 35.5. The molecule has 12 aromatic rings. The summed E-state index contributed by atoms with van der Waals surface area (Å²) in [5.74, 6) is 1.82. The van der Waals surface area contributed by atoms with Gasteiger partial charge in [0.15, 0.2) is 17.5 Å². The van der Waals surface area contributed by atoms with Crippen molar-refractivity contribution < 1.29 is 8.83 Å². The van der Waals surface area contributed by atoms with E-state index in [0.717, 1.165) is 105 Å². The molecular formula is C57H35N3O2. The molecule has 12 rings (SSSR count). The Labute approximate surface area is 357 Å². The first-order valence-electron chi connectivity index (χ1n) is 20.8. The summed E-state index contributed by atoms with van der Waals surface area (Å²) in [5, 5.41) is 4.29. The Morgan fingerprint density at radius 1 is 0.258 bits per heavy atom. The molecule has 0 N–H and O–H groups in total. The van der Waals surface area contributed by atoms with Crippen LogP contribution in [0, 0.1) is 0 Å². The van der Waals surface area contributed by atoms with Gasteiger partial charge >= 0.3 is 0 Å². The molecule has 0 saturated carbocycles. The number of hydrogen-bond donors (Lipinski definition) is 0. The zero-order valence-electron chi connectivity index (χ0n) is 33.4. The molecule has 0 spiro atoms. The molecule has 0 aliphatic rings. The fraction of sp³-hybridized carbons (Fsp3) is 0. The van der Waals surface area contributed by atoms with Gasteiger partial charge in [-0.25, -0.2) is 15.0 Å². The van der Waals surface area contributed by atoms with E-state index in [1.54, 1.807) is 0 Å². The summed E-state index contributed by atoms with van der Waals surface area (Å²) in [5.41, 5.74) is 14.8. The first-order valence-corrected chi connectivity index (χ1v) is 20.8. The van der Waals surface area contributed by atoms with E-state index in [-0.39, 0.29) is 0 Å². The maximum absolute atomic E-state index is 6.76. The minimum absolute atomic E-state index is 0.599. The Bertz CT molecular complexity index is 3550. The molecule has 5 nitrogen and oxygen atoms in total. The lowest BCUT2D eigenvalue weighted by Gasteiger charge is -2.13. The Morgan fingerprint density at radius 2 is 0.710 bits per heavy atom. The highest BCUT2D eigenvalue weighted by molar-refractivity contribution is 6.20. The summed E-state index contributed by atoms with van der Waals surface area (Å²) in [7, 11) is 0. The maximum Gasteiger partial charge on any atom is 0.164 e. The number of nitrogens with zero attached hydrogens (tertiary/aromatic N) is 3. The van der Waals surface area contributed by atoms with Crippen LogP contribution in [0.2, 0.25) is 0 Å². The van der Waals surface area contributed by atoms with Crippen LogP contribution < -0.4 is 0 Å². The Balaban J connectivity index is 0.998. The van der Waals surface area contributed by atoms with Gasteiger partial charge in [0.2, 0.25) is 0 Å². The number of para-hydroxylation sites is 2. The van der Waals surface area contributed by atoms with Crippen molar-refractivity contribution in [3.05, 3.63) is 212 Å². The summed E-state index contributed by atoms with van der Waals surface area (Å²) in [6, 6.07) is 73.3. The van der Waals surface area contributed by atoms with Gasteiger partial charge in [0.05, 0.1) is 0 Å². The SMILES string of the molecule is c1ccc(-c2cc(-c3ccccc3)cc(-c3nc(-c4ccccc4)nc(-c4ccc(-c5ccc(-c6cccc7oc8ccccc8c67)c6oc7ccccc7c56)cc4)n3)c2)cc1. The Kier molecular flexibility index (Phi) is 8.42. The van der Waals surface area contributed by atoms with Gasteiger partial charge in [-0.1, -0.05) is 170 Å². The monoisotopic (exact) mass is 793 g/mol. The van der Waals surface area contributed by atoms with Gasteiger partial charge in [-0.05, 0) is 81.4 Å². The quantitative estimate of drug-likeness (QED) is 0.161. The van der Waals surface area contributed by atoms with Crippen LogP contribution >= 0.6 is 0 Å². The summed E-state index contributed by atoms with van der Waals surface area (Å²) in [6.07, 6.45) is 0. The van der Waals surface area contributed by atoms with Crippen LogP contribution in [0.5, 0.6) is 0 Å². The highest BCUT2D eigenvalue weighted by Crippen LogP contribution is 2.45. The van der Waals surface area contributed by atoms with Gasteiger partial charge in [0.25, 0.3) is 0 Å². The van der Waals surface area contributed by atoms with Gasteiger partial charge in [-0.3, -0.25) is 0 Å².